The van der Waals surface area contributed by atoms with Crippen molar-refractivity contribution in [3.8, 4) is 28.7 Å². The number of methoxy groups -OCH3 is 4. The molecule has 0 aliphatic rings. The molecule has 33 heavy (non-hydrogen) atoms. The van der Waals surface area contributed by atoms with Crippen LogP contribution in [-0.4, -0.2) is 40.2 Å². The average Bonchev–Trinajstić information content (AvgIpc) is 2.86. The third-order valence-corrected chi connectivity index (χ3v) is 4.79. The van der Waals surface area contributed by atoms with Crippen molar-refractivity contribution in [2.24, 2.45) is 0 Å². The Hall–Kier alpha value is -4.26. The first-order valence-electron chi connectivity index (χ1n) is 9.97. The number of ether oxygens (including phenoxy) is 5. The molecule has 0 aliphatic heterocycles. The lowest BCUT2D eigenvalue weighted by molar-refractivity contribution is 0.0734. The number of esters is 1. The molecule has 0 saturated heterocycles. The van der Waals surface area contributed by atoms with Crippen molar-refractivity contribution in [2.75, 3.05) is 28.4 Å². The van der Waals surface area contributed by atoms with E-state index in [0.29, 0.717) is 45.4 Å². The normalized spacial score (nSPS) is 10.5. The van der Waals surface area contributed by atoms with Crippen LogP contribution in [-0.2, 0) is 0 Å². The summed E-state index contributed by atoms with van der Waals surface area (Å²) in [6, 6.07) is 16.6. The van der Waals surface area contributed by atoms with Gasteiger partial charge >= 0.3 is 5.97 Å². The summed E-state index contributed by atoms with van der Waals surface area (Å²) in [5, 5.41) is 0. The fraction of sp³-hybridized carbons (Fsp3) is 0.154. The zero-order valence-electron chi connectivity index (χ0n) is 18.8. The molecule has 0 saturated carbocycles. The van der Waals surface area contributed by atoms with Gasteiger partial charge < -0.3 is 23.7 Å². The molecule has 0 fully saturated rings. The minimum absolute atomic E-state index is 0.234. The van der Waals surface area contributed by atoms with E-state index in [2.05, 4.69) is 0 Å². The minimum atomic E-state index is -0.545. The summed E-state index contributed by atoms with van der Waals surface area (Å²) in [7, 11) is 6.04. The molecular formula is C26H24O7. The van der Waals surface area contributed by atoms with E-state index in [0.717, 1.165) is 0 Å². The summed E-state index contributed by atoms with van der Waals surface area (Å²) < 4.78 is 26.3. The SMILES string of the molecule is COc1ccc(C(=O)/C=C/c2cccc(OC(=O)c3ccc(OC)c(OC)c3)c2)c(OC)c1. The Morgan fingerprint density at radius 2 is 1.45 bits per heavy atom. The maximum Gasteiger partial charge on any atom is 0.343 e. The Balaban J connectivity index is 1.74. The number of hydrogen-bond donors (Lipinski definition) is 0. The lowest BCUT2D eigenvalue weighted by Gasteiger charge is -2.10. The van der Waals surface area contributed by atoms with Gasteiger partial charge in [0.05, 0.1) is 39.6 Å². The van der Waals surface area contributed by atoms with E-state index in [9.17, 15) is 9.59 Å². The van der Waals surface area contributed by atoms with Crippen LogP contribution >= 0.6 is 0 Å². The smallest absolute Gasteiger partial charge is 0.343 e. The number of benzene rings is 3. The Kier molecular flexibility index (Phi) is 7.70. The molecule has 7 nitrogen and oxygen atoms in total. The van der Waals surface area contributed by atoms with Gasteiger partial charge in [0.1, 0.15) is 17.2 Å². The average molecular weight is 448 g/mol. The highest BCUT2D eigenvalue weighted by atomic mass is 16.5. The Labute approximate surface area is 192 Å². The van der Waals surface area contributed by atoms with Gasteiger partial charge in [-0.1, -0.05) is 18.2 Å². The molecular weight excluding hydrogens is 424 g/mol. The van der Waals surface area contributed by atoms with Crippen LogP contribution in [0.25, 0.3) is 6.08 Å². The van der Waals surface area contributed by atoms with Gasteiger partial charge in [-0.2, -0.15) is 0 Å². The van der Waals surface area contributed by atoms with Crippen molar-refractivity contribution in [1.82, 2.24) is 0 Å². The minimum Gasteiger partial charge on any atom is -0.497 e. The van der Waals surface area contributed by atoms with Crippen molar-refractivity contribution < 1.29 is 33.3 Å². The van der Waals surface area contributed by atoms with Gasteiger partial charge in [-0.25, -0.2) is 4.79 Å². The molecule has 0 unspecified atom stereocenters. The summed E-state index contributed by atoms with van der Waals surface area (Å²) in [5.74, 6) is 1.51. The van der Waals surface area contributed by atoms with E-state index in [1.807, 2.05) is 0 Å². The van der Waals surface area contributed by atoms with E-state index in [-0.39, 0.29) is 5.78 Å². The van der Waals surface area contributed by atoms with Crippen LogP contribution in [0.15, 0.2) is 66.7 Å². The molecule has 0 radical (unpaired) electrons. The highest BCUT2D eigenvalue weighted by Gasteiger charge is 2.14. The van der Waals surface area contributed by atoms with Crippen LogP contribution in [0.4, 0.5) is 0 Å². The topological polar surface area (TPSA) is 80.3 Å². The van der Waals surface area contributed by atoms with E-state index < -0.39 is 5.97 Å². The zero-order chi connectivity index (χ0) is 23.8. The summed E-state index contributed by atoms with van der Waals surface area (Å²) in [4.78, 5) is 25.2. The number of hydrogen-bond acceptors (Lipinski definition) is 7. The molecule has 0 amide bonds. The van der Waals surface area contributed by atoms with Gasteiger partial charge in [0.2, 0.25) is 0 Å². The first-order chi connectivity index (χ1) is 16.0. The number of rotatable bonds is 9. The van der Waals surface area contributed by atoms with Gasteiger partial charge in [0, 0.05) is 6.07 Å². The van der Waals surface area contributed by atoms with Crippen molar-refractivity contribution >= 4 is 17.8 Å². The second kappa shape index (κ2) is 10.9. The summed E-state index contributed by atoms with van der Waals surface area (Å²) in [6.45, 7) is 0. The molecule has 3 aromatic carbocycles. The predicted molar refractivity (Wildman–Crippen MR) is 124 cm³/mol. The Morgan fingerprint density at radius 1 is 0.697 bits per heavy atom. The van der Waals surface area contributed by atoms with Crippen molar-refractivity contribution in [1.29, 1.82) is 0 Å². The first kappa shape index (κ1) is 23.4. The lowest BCUT2D eigenvalue weighted by Crippen LogP contribution is -2.09. The van der Waals surface area contributed by atoms with E-state index in [4.69, 9.17) is 23.7 Å². The first-order valence-corrected chi connectivity index (χ1v) is 9.97. The molecule has 0 aromatic heterocycles. The van der Waals surface area contributed by atoms with Crippen LogP contribution in [0, 0.1) is 0 Å². The molecule has 0 atom stereocenters. The van der Waals surface area contributed by atoms with Gasteiger partial charge in [0.15, 0.2) is 17.3 Å². The fourth-order valence-corrected chi connectivity index (χ4v) is 3.07. The summed E-state index contributed by atoms with van der Waals surface area (Å²) in [5.41, 5.74) is 1.41. The summed E-state index contributed by atoms with van der Waals surface area (Å²) >= 11 is 0. The molecule has 0 bridgehead atoms. The Morgan fingerprint density at radius 3 is 2.15 bits per heavy atom. The van der Waals surface area contributed by atoms with Crippen LogP contribution in [0.1, 0.15) is 26.3 Å². The fourth-order valence-electron chi connectivity index (χ4n) is 3.07. The van der Waals surface area contributed by atoms with Gasteiger partial charge in [-0.15, -0.1) is 0 Å². The van der Waals surface area contributed by atoms with Crippen molar-refractivity contribution in [3.63, 3.8) is 0 Å². The number of allylic oxidation sites excluding steroid dienone is 1. The molecule has 7 heteroatoms. The summed E-state index contributed by atoms with van der Waals surface area (Å²) in [6.07, 6.45) is 3.07. The van der Waals surface area contributed by atoms with Gasteiger partial charge in [0.25, 0.3) is 0 Å². The van der Waals surface area contributed by atoms with E-state index >= 15 is 0 Å². The van der Waals surface area contributed by atoms with E-state index in [1.54, 1.807) is 73.8 Å². The second-order valence-electron chi connectivity index (χ2n) is 6.80. The second-order valence-corrected chi connectivity index (χ2v) is 6.80. The Bertz CT molecular complexity index is 1180. The highest BCUT2D eigenvalue weighted by Crippen LogP contribution is 2.28. The molecule has 0 heterocycles. The quantitative estimate of drug-likeness (QED) is 0.201. The molecule has 0 aliphatic carbocycles. The lowest BCUT2D eigenvalue weighted by atomic mass is 10.1. The third kappa shape index (κ3) is 5.71. The van der Waals surface area contributed by atoms with Crippen molar-refractivity contribution in [2.45, 2.75) is 0 Å². The van der Waals surface area contributed by atoms with E-state index in [1.165, 1.54) is 27.4 Å². The maximum atomic E-state index is 12.6. The molecule has 170 valence electrons. The zero-order valence-corrected chi connectivity index (χ0v) is 18.8. The highest BCUT2D eigenvalue weighted by molar-refractivity contribution is 6.08. The molecule has 3 rings (SSSR count). The van der Waals surface area contributed by atoms with Crippen LogP contribution in [0.3, 0.4) is 0 Å². The van der Waals surface area contributed by atoms with Crippen LogP contribution in [0.5, 0.6) is 28.7 Å². The van der Waals surface area contributed by atoms with Gasteiger partial charge in [-0.05, 0) is 54.1 Å². The van der Waals surface area contributed by atoms with Crippen molar-refractivity contribution in [3.05, 3.63) is 83.4 Å². The molecule has 0 N–H and O–H groups in total. The maximum absolute atomic E-state index is 12.6. The number of carbonyl (C=O) groups is 2. The van der Waals surface area contributed by atoms with Crippen LogP contribution < -0.4 is 23.7 Å². The predicted octanol–water partition coefficient (Wildman–Crippen LogP) is 4.84. The third-order valence-electron chi connectivity index (χ3n) is 4.79. The largest absolute Gasteiger partial charge is 0.497 e. The van der Waals surface area contributed by atoms with Gasteiger partial charge in [-0.3, -0.25) is 4.79 Å². The number of ketones is 1. The monoisotopic (exact) mass is 448 g/mol. The number of carbonyl (C=O) groups excluding carboxylic acids is 2. The molecule has 3 aromatic rings. The standard InChI is InChI=1S/C26H24O7/c1-29-19-10-11-21(24(16-19)31-3)22(27)12-8-17-6-5-7-20(14-17)33-26(28)18-9-13-23(30-2)25(15-18)32-4/h5-16H,1-4H3/b12-8+. The molecule has 0 spiro atoms. The van der Waals surface area contributed by atoms with Crippen LogP contribution in [0.2, 0.25) is 0 Å².